The Balaban J connectivity index is 2.24. The summed E-state index contributed by atoms with van der Waals surface area (Å²) in [7, 11) is -3.87. The quantitative estimate of drug-likeness (QED) is 0.787. The summed E-state index contributed by atoms with van der Waals surface area (Å²) in [6.45, 7) is 5.17. The minimum atomic E-state index is -3.87. The van der Waals surface area contributed by atoms with Crippen molar-refractivity contribution in [1.82, 2.24) is 5.32 Å². The minimum Gasteiger partial charge on any atom is -0.349 e. The lowest BCUT2D eigenvalue weighted by atomic mass is 9.94. The van der Waals surface area contributed by atoms with Crippen LogP contribution in [-0.2, 0) is 21.2 Å². The molecule has 0 heterocycles. The van der Waals surface area contributed by atoms with Crippen molar-refractivity contribution in [3.05, 3.63) is 66.0 Å². The molecule has 2 aromatic carbocycles. The molecule has 0 bridgehead atoms. The Morgan fingerprint density at radius 1 is 1.11 bits per heavy atom. The van der Waals surface area contributed by atoms with Gasteiger partial charge in [0.1, 0.15) is 11.9 Å². The Kier molecular flexibility index (Phi) is 6.26. The highest BCUT2D eigenvalue weighted by atomic mass is 32.2. The highest BCUT2D eigenvalue weighted by molar-refractivity contribution is 7.92. The van der Waals surface area contributed by atoms with Gasteiger partial charge in [-0.3, -0.25) is 9.10 Å². The van der Waals surface area contributed by atoms with E-state index in [9.17, 15) is 17.6 Å². The molecule has 0 fully saturated rings. The largest absolute Gasteiger partial charge is 0.349 e. The first kappa shape index (κ1) is 20.9. The first-order chi connectivity index (χ1) is 12.5. The van der Waals surface area contributed by atoms with Gasteiger partial charge in [0.05, 0.1) is 11.9 Å². The van der Waals surface area contributed by atoms with E-state index in [1.165, 1.54) is 25.1 Å². The molecule has 1 atom stereocenters. The van der Waals surface area contributed by atoms with Crippen molar-refractivity contribution in [3.8, 4) is 0 Å². The lowest BCUT2D eigenvalue weighted by molar-refractivity contribution is -0.123. The number of carbonyl (C=O) groups excluding carboxylic acids is 1. The van der Waals surface area contributed by atoms with E-state index in [4.69, 9.17) is 0 Å². The maximum atomic E-state index is 14.2. The molecule has 0 spiro atoms. The van der Waals surface area contributed by atoms with Gasteiger partial charge >= 0.3 is 0 Å². The number of nitrogens with one attached hydrogen (secondary N) is 1. The van der Waals surface area contributed by atoms with E-state index < -0.39 is 33.3 Å². The second-order valence-corrected chi connectivity index (χ2v) is 9.08. The van der Waals surface area contributed by atoms with Crippen LogP contribution in [0.5, 0.6) is 0 Å². The predicted molar refractivity (Wildman–Crippen MR) is 106 cm³/mol. The van der Waals surface area contributed by atoms with Crippen molar-refractivity contribution >= 4 is 21.6 Å². The molecule has 1 N–H and O–H groups in total. The Hall–Kier alpha value is -2.41. The van der Waals surface area contributed by atoms with E-state index in [1.807, 2.05) is 44.2 Å². The molecule has 0 saturated carbocycles. The number of carbonyl (C=O) groups is 1. The number of sulfonamides is 1. The molecular formula is C20H25FN2O3S. The zero-order valence-electron chi connectivity index (χ0n) is 15.9. The van der Waals surface area contributed by atoms with Gasteiger partial charge in [-0.2, -0.15) is 0 Å². The maximum Gasteiger partial charge on any atom is 0.244 e. The van der Waals surface area contributed by atoms with Crippen LogP contribution in [0.15, 0.2) is 54.6 Å². The van der Waals surface area contributed by atoms with Gasteiger partial charge in [0.15, 0.2) is 0 Å². The number of halogens is 1. The van der Waals surface area contributed by atoms with E-state index >= 15 is 0 Å². The van der Waals surface area contributed by atoms with Gasteiger partial charge in [-0.05, 0) is 44.9 Å². The van der Waals surface area contributed by atoms with E-state index in [2.05, 4.69) is 5.32 Å². The summed E-state index contributed by atoms with van der Waals surface area (Å²) in [5.41, 5.74) is 0.290. The molecule has 0 aliphatic rings. The van der Waals surface area contributed by atoms with Crippen molar-refractivity contribution in [3.63, 3.8) is 0 Å². The lowest BCUT2D eigenvalue weighted by Gasteiger charge is -2.33. The highest BCUT2D eigenvalue weighted by Crippen LogP contribution is 2.24. The predicted octanol–water partition coefficient (Wildman–Crippen LogP) is 3.12. The van der Waals surface area contributed by atoms with Crippen LogP contribution in [0.3, 0.4) is 0 Å². The molecule has 146 valence electrons. The number of rotatable bonds is 7. The van der Waals surface area contributed by atoms with Crippen LogP contribution < -0.4 is 9.62 Å². The molecule has 0 aromatic heterocycles. The van der Waals surface area contributed by atoms with E-state index in [0.717, 1.165) is 22.2 Å². The summed E-state index contributed by atoms with van der Waals surface area (Å²) in [4.78, 5) is 12.8. The summed E-state index contributed by atoms with van der Waals surface area (Å²) in [5.74, 6) is -1.20. The number of benzene rings is 2. The van der Waals surface area contributed by atoms with Gasteiger partial charge in [-0.15, -0.1) is 0 Å². The van der Waals surface area contributed by atoms with Gasteiger partial charge in [-0.25, -0.2) is 12.8 Å². The zero-order valence-corrected chi connectivity index (χ0v) is 16.8. The van der Waals surface area contributed by atoms with Gasteiger partial charge in [0.2, 0.25) is 15.9 Å². The lowest BCUT2D eigenvalue weighted by Crippen LogP contribution is -2.54. The first-order valence-corrected chi connectivity index (χ1v) is 10.5. The number of hydrogen-bond acceptors (Lipinski definition) is 3. The molecule has 0 saturated heterocycles. The Bertz CT molecular complexity index is 898. The zero-order chi connectivity index (χ0) is 20.2. The first-order valence-electron chi connectivity index (χ1n) is 8.61. The second kappa shape index (κ2) is 8.08. The third-order valence-electron chi connectivity index (χ3n) is 4.13. The number of nitrogens with zero attached hydrogens (tertiary/aromatic N) is 1. The van der Waals surface area contributed by atoms with Crippen molar-refractivity contribution in [1.29, 1.82) is 0 Å². The van der Waals surface area contributed by atoms with Crippen LogP contribution in [-0.4, -0.2) is 32.2 Å². The number of amides is 1. The van der Waals surface area contributed by atoms with Gasteiger partial charge in [0, 0.05) is 5.54 Å². The van der Waals surface area contributed by atoms with E-state index in [-0.39, 0.29) is 5.69 Å². The van der Waals surface area contributed by atoms with Crippen LogP contribution in [0.2, 0.25) is 0 Å². The number of anilines is 1. The molecule has 0 aliphatic carbocycles. The van der Waals surface area contributed by atoms with E-state index in [0.29, 0.717) is 6.42 Å². The number of hydrogen-bond donors (Lipinski definition) is 1. The average molecular weight is 392 g/mol. The maximum absolute atomic E-state index is 14.2. The summed E-state index contributed by atoms with van der Waals surface area (Å²) >= 11 is 0. The standard InChI is InChI=1S/C20H25FN2O3S/c1-15(23(27(4,25)26)18-13-9-8-12-17(18)21)19(24)22-20(2,3)14-16-10-6-5-7-11-16/h5-13,15H,14H2,1-4H3,(H,22,24). The fourth-order valence-electron chi connectivity index (χ4n) is 3.00. The highest BCUT2D eigenvalue weighted by Gasteiger charge is 2.33. The summed E-state index contributed by atoms with van der Waals surface area (Å²) < 4.78 is 39.5. The van der Waals surface area contributed by atoms with Crippen LogP contribution in [0, 0.1) is 5.82 Å². The molecule has 2 aromatic rings. The topological polar surface area (TPSA) is 66.5 Å². The molecule has 1 unspecified atom stereocenters. The Morgan fingerprint density at radius 2 is 1.67 bits per heavy atom. The third kappa shape index (κ3) is 5.53. The normalized spacial score (nSPS) is 13.1. The SMILES string of the molecule is CC(C(=O)NC(C)(C)Cc1ccccc1)N(c1ccccc1F)S(C)(=O)=O. The van der Waals surface area contributed by atoms with Crippen LogP contribution in [0.4, 0.5) is 10.1 Å². The summed E-state index contributed by atoms with van der Waals surface area (Å²) in [5, 5.41) is 2.88. The third-order valence-corrected chi connectivity index (χ3v) is 5.36. The molecule has 2 rings (SSSR count). The molecule has 7 heteroatoms. The molecule has 0 aliphatic heterocycles. The van der Waals surface area contributed by atoms with Gasteiger partial charge < -0.3 is 5.32 Å². The second-order valence-electron chi connectivity index (χ2n) is 7.22. The van der Waals surface area contributed by atoms with Gasteiger partial charge in [-0.1, -0.05) is 42.5 Å². The molecular weight excluding hydrogens is 367 g/mol. The number of para-hydroxylation sites is 1. The van der Waals surface area contributed by atoms with Crippen molar-refractivity contribution in [2.75, 3.05) is 10.6 Å². The van der Waals surface area contributed by atoms with Crippen LogP contribution in [0.1, 0.15) is 26.3 Å². The summed E-state index contributed by atoms with van der Waals surface area (Å²) in [6.07, 6.45) is 1.53. The van der Waals surface area contributed by atoms with Crippen molar-refractivity contribution in [2.45, 2.75) is 38.8 Å². The molecule has 5 nitrogen and oxygen atoms in total. The van der Waals surface area contributed by atoms with Crippen LogP contribution >= 0.6 is 0 Å². The molecule has 0 radical (unpaired) electrons. The average Bonchev–Trinajstić information content (AvgIpc) is 2.55. The van der Waals surface area contributed by atoms with Crippen molar-refractivity contribution < 1.29 is 17.6 Å². The monoisotopic (exact) mass is 392 g/mol. The fraction of sp³-hybridized carbons (Fsp3) is 0.350. The summed E-state index contributed by atoms with van der Waals surface area (Å²) in [6, 6.07) is 14.1. The fourth-order valence-corrected chi connectivity index (χ4v) is 4.18. The minimum absolute atomic E-state index is 0.150. The van der Waals surface area contributed by atoms with E-state index in [1.54, 1.807) is 0 Å². The van der Waals surface area contributed by atoms with Crippen molar-refractivity contribution in [2.24, 2.45) is 0 Å². The Labute approximate surface area is 160 Å². The van der Waals surface area contributed by atoms with Gasteiger partial charge in [0.25, 0.3) is 0 Å². The Morgan fingerprint density at radius 3 is 2.22 bits per heavy atom. The smallest absolute Gasteiger partial charge is 0.244 e. The molecule has 1 amide bonds. The molecule has 27 heavy (non-hydrogen) atoms. The van der Waals surface area contributed by atoms with Crippen LogP contribution in [0.25, 0.3) is 0 Å².